The highest BCUT2D eigenvalue weighted by atomic mass is 15.2. The van der Waals surface area contributed by atoms with E-state index in [4.69, 9.17) is 0 Å². The van der Waals surface area contributed by atoms with Gasteiger partial charge in [0.1, 0.15) is 5.82 Å². The van der Waals surface area contributed by atoms with Crippen LogP contribution in [0.4, 0.5) is 0 Å². The van der Waals surface area contributed by atoms with Crippen molar-refractivity contribution in [3.8, 4) is 0 Å². The summed E-state index contributed by atoms with van der Waals surface area (Å²) in [7, 11) is 2.15. The number of imidazole rings is 1. The molecule has 0 aliphatic carbocycles. The molecule has 0 unspecified atom stereocenters. The van der Waals surface area contributed by atoms with Crippen molar-refractivity contribution in [2.75, 3.05) is 13.6 Å². The molecule has 2 aromatic rings. The fraction of sp³-hybridized carbons (Fsp3) is 0.357. The second-order valence-electron chi connectivity index (χ2n) is 4.72. The van der Waals surface area contributed by atoms with Gasteiger partial charge in [0, 0.05) is 31.4 Å². The van der Waals surface area contributed by atoms with Crippen molar-refractivity contribution in [1.82, 2.24) is 14.5 Å². The third kappa shape index (κ3) is 2.11. The number of rotatable bonds is 2. The average Bonchev–Trinajstić information content (AvgIpc) is 2.73. The van der Waals surface area contributed by atoms with Gasteiger partial charge in [-0.05, 0) is 12.6 Å². The Kier molecular flexibility index (Phi) is 2.69. The molecule has 0 saturated heterocycles. The summed E-state index contributed by atoms with van der Waals surface area (Å²) in [5, 5.41) is 0. The van der Waals surface area contributed by atoms with Crippen LogP contribution in [0.2, 0.25) is 0 Å². The van der Waals surface area contributed by atoms with Crippen molar-refractivity contribution in [2.45, 2.75) is 19.5 Å². The van der Waals surface area contributed by atoms with E-state index in [9.17, 15) is 0 Å². The number of hydrogen-bond donors (Lipinski definition) is 0. The van der Waals surface area contributed by atoms with Crippen molar-refractivity contribution in [3.63, 3.8) is 0 Å². The molecule has 0 radical (unpaired) electrons. The Bertz CT molecular complexity index is 501. The van der Waals surface area contributed by atoms with E-state index in [1.807, 2.05) is 6.20 Å². The Morgan fingerprint density at radius 1 is 1.18 bits per heavy atom. The van der Waals surface area contributed by atoms with Crippen molar-refractivity contribution in [1.29, 1.82) is 0 Å². The highest BCUT2D eigenvalue weighted by Crippen LogP contribution is 2.16. The number of hydrogen-bond acceptors (Lipinski definition) is 2. The van der Waals surface area contributed by atoms with Gasteiger partial charge in [-0.1, -0.05) is 30.3 Å². The van der Waals surface area contributed by atoms with Crippen molar-refractivity contribution in [2.24, 2.45) is 0 Å². The van der Waals surface area contributed by atoms with Gasteiger partial charge in [-0.15, -0.1) is 0 Å². The lowest BCUT2D eigenvalue weighted by molar-refractivity contribution is 0.262. The molecule has 1 aliphatic rings. The molecule has 0 bridgehead atoms. The van der Waals surface area contributed by atoms with Crippen LogP contribution in [0.1, 0.15) is 17.1 Å². The third-order valence-electron chi connectivity index (χ3n) is 3.37. The molecule has 0 fully saturated rings. The summed E-state index contributed by atoms with van der Waals surface area (Å²) in [6, 6.07) is 10.6. The monoisotopic (exact) mass is 227 g/mol. The zero-order valence-corrected chi connectivity index (χ0v) is 10.1. The summed E-state index contributed by atoms with van der Waals surface area (Å²) >= 11 is 0. The lowest BCUT2D eigenvalue weighted by Gasteiger charge is -2.24. The van der Waals surface area contributed by atoms with Crippen LogP contribution in [-0.2, 0) is 19.5 Å². The van der Waals surface area contributed by atoms with Crippen LogP contribution in [0.15, 0.2) is 36.5 Å². The summed E-state index contributed by atoms with van der Waals surface area (Å²) < 4.78 is 2.37. The van der Waals surface area contributed by atoms with E-state index in [2.05, 4.69) is 51.8 Å². The summed E-state index contributed by atoms with van der Waals surface area (Å²) in [4.78, 5) is 6.84. The molecule has 0 atom stereocenters. The van der Waals surface area contributed by atoms with Crippen molar-refractivity contribution in [3.05, 3.63) is 53.6 Å². The maximum absolute atomic E-state index is 4.52. The van der Waals surface area contributed by atoms with Crippen LogP contribution in [0.5, 0.6) is 0 Å². The molecule has 88 valence electrons. The van der Waals surface area contributed by atoms with Gasteiger partial charge in [-0.25, -0.2) is 4.98 Å². The topological polar surface area (TPSA) is 21.1 Å². The van der Waals surface area contributed by atoms with Crippen LogP contribution in [0.25, 0.3) is 0 Å². The molecule has 1 aliphatic heterocycles. The minimum absolute atomic E-state index is 0.967. The predicted molar refractivity (Wildman–Crippen MR) is 67.8 cm³/mol. The van der Waals surface area contributed by atoms with E-state index in [0.29, 0.717) is 0 Å². The van der Waals surface area contributed by atoms with E-state index in [1.54, 1.807) is 0 Å². The molecule has 3 nitrogen and oxygen atoms in total. The van der Waals surface area contributed by atoms with E-state index in [0.717, 1.165) is 26.1 Å². The maximum atomic E-state index is 4.52. The van der Waals surface area contributed by atoms with Gasteiger partial charge in [0.25, 0.3) is 0 Å². The molecule has 17 heavy (non-hydrogen) atoms. The smallest absolute Gasteiger partial charge is 0.123 e. The minimum atomic E-state index is 0.967. The lowest BCUT2D eigenvalue weighted by atomic mass is 10.1. The van der Waals surface area contributed by atoms with Gasteiger partial charge in [0.2, 0.25) is 0 Å². The second-order valence-corrected chi connectivity index (χ2v) is 4.72. The summed E-state index contributed by atoms with van der Waals surface area (Å²) in [6.07, 6.45) is 3.01. The van der Waals surface area contributed by atoms with Crippen LogP contribution < -0.4 is 0 Å². The maximum Gasteiger partial charge on any atom is 0.123 e. The number of likely N-dealkylation sites (N-methyl/N-ethyl adjacent to an activating group) is 1. The minimum Gasteiger partial charge on any atom is -0.329 e. The van der Waals surface area contributed by atoms with Crippen molar-refractivity contribution < 1.29 is 0 Å². The quantitative estimate of drug-likeness (QED) is 0.781. The van der Waals surface area contributed by atoms with Gasteiger partial charge in [0.15, 0.2) is 0 Å². The molecule has 0 N–H and O–H groups in total. The molecule has 3 rings (SSSR count). The second kappa shape index (κ2) is 4.34. The molecule has 1 aromatic carbocycles. The molecule has 0 amide bonds. The van der Waals surface area contributed by atoms with Crippen molar-refractivity contribution >= 4 is 0 Å². The molecule has 0 spiro atoms. The largest absolute Gasteiger partial charge is 0.329 e. The first-order chi connectivity index (χ1) is 8.33. The first-order valence-corrected chi connectivity index (χ1v) is 6.08. The normalized spacial score (nSPS) is 15.8. The third-order valence-corrected chi connectivity index (χ3v) is 3.37. The van der Waals surface area contributed by atoms with Crippen LogP contribution in [-0.4, -0.2) is 28.0 Å². The van der Waals surface area contributed by atoms with Crippen LogP contribution in [0.3, 0.4) is 0 Å². The van der Waals surface area contributed by atoms with E-state index in [-0.39, 0.29) is 0 Å². The average molecular weight is 227 g/mol. The summed E-state index contributed by atoms with van der Waals surface area (Å²) in [5.74, 6) is 1.20. The number of aromatic nitrogens is 2. The first-order valence-electron chi connectivity index (χ1n) is 6.08. The highest BCUT2D eigenvalue weighted by molar-refractivity contribution is 5.22. The van der Waals surface area contributed by atoms with Gasteiger partial charge >= 0.3 is 0 Å². The number of fused-ring (bicyclic) bond motifs is 1. The van der Waals surface area contributed by atoms with E-state index in [1.165, 1.54) is 17.1 Å². The molecule has 3 heteroatoms. The highest BCUT2D eigenvalue weighted by Gasteiger charge is 2.16. The predicted octanol–water partition coefficient (Wildman–Crippen LogP) is 1.92. The summed E-state index contributed by atoms with van der Waals surface area (Å²) in [6.45, 7) is 3.15. The standard InChI is InChI=1S/C14H17N3/c1-16-7-8-17-13(10-15-14(17)11-16)9-12-5-3-2-4-6-12/h2-6,10H,7-9,11H2,1H3. The van der Waals surface area contributed by atoms with E-state index >= 15 is 0 Å². The summed E-state index contributed by atoms with van der Waals surface area (Å²) in [5.41, 5.74) is 2.69. The fourth-order valence-corrected chi connectivity index (χ4v) is 2.39. The van der Waals surface area contributed by atoms with Gasteiger partial charge in [-0.2, -0.15) is 0 Å². The number of benzene rings is 1. The Labute approximate surface area is 102 Å². The molecular formula is C14H17N3. The van der Waals surface area contributed by atoms with Crippen LogP contribution >= 0.6 is 0 Å². The first kappa shape index (κ1) is 10.5. The Morgan fingerprint density at radius 3 is 2.82 bits per heavy atom. The van der Waals surface area contributed by atoms with Gasteiger partial charge in [-0.3, -0.25) is 4.90 Å². The zero-order valence-electron chi connectivity index (χ0n) is 10.1. The zero-order chi connectivity index (χ0) is 11.7. The Hall–Kier alpha value is -1.61. The SMILES string of the molecule is CN1CCn2c(Cc3ccccc3)cnc2C1. The fourth-order valence-electron chi connectivity index (χ4n) is 2.39. The molecule has 0 saturated carbocycles. The van der Waals surface area contributed by atoms with Gasteiger partial charge < -0.3 is 4.57 Å². The Morgan fingerprint density at radius 2 is 2.00 bits per heavy atom. The lowest BCUT2D eigenvalue weighted by Crippen LogP contribution is -2.31. The number of nitrogens with zero attached hydrogens (tertiary/aromatic N) is 3. The molecular weight excluding hydrogens is 210 g/mol. The molecule has 1 aromatic heterocycles. The Balaban J connectivity index is 1.85. The van der Waals surface area contributed by atoms with Gasteiger partial charge in [0.05, 0.1) is 6.54 Å². The van der Waals surface area contributed by atoms with E-state index < -0.39 is 0 Å². The molecule has 2 heterocycles. The van der Waals surface area contributed by atoms with Crippen LogP contribution in [0, 0.1) is 0 Å².